The van der Waals surface area contributed by atoms with Crippen LogP contribution in [-0.2, 0) is 10.0 Å². The number of anilines is 1. The third-order valence-electron chi connectivity index (χ3n) is 2.54. The van der Waals surface area contributed by atoms with E-state index in [2.05, 4.69) is 15.9 Å². The number of benzene rings is 1. The molecule has 82 valence electrons. The van der Waals surface area contributed by atoms with E-state index in [0.29, 0.717) is 13.0 Å². The second-order valence-corrected chi connectivity index (χ2v) is 6.60. The number of rotatable bonds is 1. The minimum Gasteiger partial charge on any atom is -0.270 e. The van der Waals surface area contributed by atoms with Crippen LogP contribution in [0.1, 0.15) is 12.0 Å². The molecule has 3 nitrogen and oxygen atoms in total. The van der Waals surface area contributed by atoms with Crippen LogP contribution in [0.4, 0.5) is 5.69 Å². The summed E-state index contributed by atoms with van der Waals surface area (Å²) in [6, 6.07) is 5.70. The molecule has 0 amide bonds. The van der Waals surface area contributed by atoms with Gasteiger partial charge in [0.05, 0.1) is 11.4 Å². The van der Waals surface area contributed by atoms with Gasteiger partial charge in [-0.2, -0.15) is 0 Å². The number of hydrogen-bond donors (Lipinski definition) is 0. The van der Waals surface area contributed by atoms with Crippen molar-refractivity contribution in [1.82, 2.24) is 0 Å². The van der Waals surface area contributed by atoms with E-state index in [1.165, 1.54) is 4.31 Å². The molecule has 1 aromatic carbocycles. The first kappa shape index (κ1) is 11.0. The van der Waals surface area contributed by atoms with Gasteiger partial charge in [0.15, 0.2) is 0 Å². The molecule has 5 heteroatoms. The molecular formula is C10H12BrNO2S. The fourth-order valence-corrected chi connectivity index (χ4v) is 3.73. The van der Waals surface area contributed by atoms with Gasteiger partial charge in [-0.1, -0.05) is 22.0 Å². The zero-order valence-corrected chi connectivity index (χ0v) is 10.8. The van der Waals surface area contributed by atoms with Crippen LogP contribution in [0.2, 0.25) is 0 Å². The Kier molecular flexibility index (Phi) is 2.77. The average Bonchev–Trinajstić information content (AvgIpc) is 2.50. The minimum absolute atomic E-state index is 0.263. The highest BCUT2D eigenvalue weighted by Gasteiger charge is 2.29. The van der Waals surface area contributed by atoms with Crippen molar-refractivity contribution in [3.05, 3.63) is 28.2 Å². The molecule has 0 aliphatic carbocycles. The highest BCUT2D eigenvalue weighted by Crippen LogP contribution is 2.29. The second-order valence-electron chi connectivity index (χ2n) is 3.67. The third-order valence-corrected chi connectivity index (χ3v) is 4.89. The Labute approximate surface area is 98.3 Å². The molecule has 15 heavy (non-hydrogen) atoms. The number of sulfonamides is 1. The summed E-state index contributed by atoms with van der Waals surface area (Å²) in [6.07, 6.45) is 0.717. The predicted octanol–water partition coefficient (Wildman–Crippen LogP) is 2.30. The summed E-state index contributed by atoms with van der Waals surface area (Å²) < 4.78 is 25.9. The Morgan fingerprint density at radius 2 is 2.13 bits per heavy atom. The first-order valence-electron chi connectivity index (χ1n) is 4.77. The first-order chi connectivity index (χ1) is 7.00. The molecule has 2 rings (SSSR count). The molecule has 0 aromatic heterocycles. The van der Waals surface area contributed by atoms with Crippen LogP contribution in [0.15, 0.2) is 22.7 Å². The van der Waals surface area contributed by atoms with Gasteiger partial charge in [0.2, 0.25) is 10.0 Å². The van der Waals surface area contributed by atoms with Crippen LogP contribution >= 0.6 is 15.9 Å². The maximum absolute atomic E-state index is 11.7. The molecule has 1 aliphatic rings. The predicted molar refractivity (Wildman–Crippen MR) is 64.6 cm³/mol. The zero-order valence-electron chi connectivity index (χ0n) is 8.40. The molecule has 0 radical (unpaired) electrons. The number of aryl methyl sites for hydroxylation is 1. The smallest absolute Gasteiger partial charge is 0.235 e. The molecule has 0 N–H and O–H groups in total. The van der Waals surface area contributed by atoms with Crippen molar-refractivity contribution in [2.24, 2.45) is 0 Å². The zero-order chi connectivity index (χ0) is 11.1. The van der Waals surface area contributed by atoms with E-state index in [1.54, 1.807) is 0 Å². The van der Waals surface area contributed by atoms with E-state index < -0.39 is 10.0 Å². The number of nitrogens with zero attached hydrogens (tertiary/aromatic N) is 1. The monoisotopic (exact) mass is 289 g/mol. The summed E-state index contributed by atoms with van der Waals surface area (Å²) >= 11 is 3.36. The molecule has 0 atom stereocenters. The lowest BCUT2D eigenvalue weighted by molar-refractivity contribution is 0.599. The quantitative estimate of drug-likeness (QED) is 0.796. The summed E-state index contributed by atoms with van der Waals surface area (Å²) in [6.45, 7) is 2.52. The average molecular weight is 290 g/mol. The Morgan fingerprint density at radius 1 is 1.40 bits per heavy atom. The summed E-state index contributed by atoms with van der Waals surface area (Å²) in [7, 11) is -3.07. The molecule has 0 spiro atoms. The summed E-state index contributed by atoms with van der Waals surface area (Å²) in [5.74, 6) is 0.263. The maximum Gasteiger partial charge on any atom is 0.235 e. The molecule has 1 fully saturated rings. The van der Waals surface area contributed by atoms with Crippen LogP contribution in [0.5, 0.6) is 0 Å². The number of hydrogen-bond acceptors (Lipinski definition) is 2. The maximum atomic E-state index is 11.7. The molecular weight excluding hydrogens is 278 g/mol. The molecule has 1 saturated heterocycles. The van der Waals surface area contributed by atoms with E-state index in [0.717, 1.165) is 15.7 Å². The lowest BCUT2D eigenvalue weighted by Crippen LogP contribution is -2.25. The number of halogens is 1. The second kappa shape index (κ2) is 3.79. The summed E-state index contributed by atoms with van der Waals surface area (Å²) in [4.78, 5) is 0. The van der Waals surface area contributed by atoms with Crippen molar-refractivity contribution < 1.29 is 8.42 Å². The van der Waals surface area contributed by atoms with Crippen molar-refractivity contribution in [2.45, 2.75) is 13.3 Å². The summed E-state index contributed by atoms with van der Waals surface area (Å²) in [5, 5.41) is 0. The van der Waals surface area contributed by atoms with E-state index in [9.17, 15) is 8.42 Å². The molecule has 0 saturated carbocycles. The Hall–Kier alpha value is -0.550. The Bertz CT molecular complexity index is 484. The van der Waals surface area contributed by atoms with Crippen LogP contribution in [0, 0.1) is 6.92 Å². The molecule has 1 heterocycles. The molecule has 1 aliphatic heterocycles. The molecule has 1 aromatic rings. The summed E-state index contributed by atoms with van der Waals surface area (Å²) in [5.41, 5.74) is 1.78. The van der Waals surface area contributed by atoms with E-state index >= 15 is 0 Å². The Balaban J connectivity index is 2.50. The Morgan fingerprint density at radius 3 is 2.73 bits per heavy atom. The van der Waals surface area contributed by atoms with Gasteiger partial charge in [0.25, 0.3) is 0 Å². The van der Waals surface area contributed by atoms with Crippen LogP contribution < -0.4 is 4.31 Å². The van der Waals surface area contributed by atoms with E-state index in [1.807, 2.05) is 25.1 Å². The van der Waals surface area contributed by atoms with Crippen molar-refractivity contribution in [2.75, 3.05) is 16.6 Å². The van der Waals surface area contributed by atoms with E-state index in [-0.39, 0.29) is 5.75 Å². The fourth-order valence-electron chi connectivity index (χ4n) is 1.76. The van der Waals surface area contributed by atoms with Gasteiger partial charge in [0, 0.05) is 11.0 Å². The standard InChI is InChI=1S/C10H12BrNO2S/c1-8-3-4-9(11)7-10(8)12-5-2-6-15(12,13)14/h3-4,7H,2,5-6H2,1H3. The molecule has 0 bridgehead atoms. The van der Waals surface area contributed by atoms with Crippen molar-refractivity contribution >= 4 is 31.6 Å². The fraction of sp³-hybridized carbons (Fsp3) is 0.400. The first-order valence-corrected chi connectivity index (χ1v) is 7.17. The van der Waals surface area contributed by atoms with Gasteiger partial charge in [-0.25, -0.2) is 8.42 Å². The van der Waals surface area contributed by atoms with Crippen LogP contribution in [0.25, 0.3) is 0 Å². The van der Waals surface area contributed by atoms with Gasteiger partial charge in [0.1, 0.15) is 0 Å². The SMILES string of the molecule is Cc1ccc(Br)cc1N1CCCS1(=O)=O. The normalized spacial score (nSPS) is 19.5. The van der Waals surface area contributed by atoms with Gasteiger partial charge in [-0.05, 0) is 31.0 Å². The van der Waals surface area contributed by atoms with Crippen LogP contribution in [0.3, 0.4) is 0 Å². The van der Waals surface area contributed by atoms with Crippen molar-refractivity contribution in [3.63, 3.8) is 0 Å². The highest BCUT2D eigenvalue weighted by molar-refractivity contribution is 9.10. The van der Waals surface area contributed by atoms with Crippen molar-refractivity contribution in [1.29, 1.82) is 0 Å². The van der Waals surface area contributed by atoms with Crippen LogP contribution in [-0.4, -0.2) is 20.7 Å². The van der Waals surface area contributed by atoms with Gasteiger partial charge >= 0.3 is 0 Å². The van der Waals surface area contributed by atoms with E-state index in [4.69, 9.17) is 0 Å². The van der Waals surface area contributed by atoms with Crippen molar-refractivity contribution in [3.8, 4) is 0 Å². The molecule has 0 unspecified atom stereocenters. The lowest BCUT2D eigenvalue weighted by Gasteiger charge is -2.19. The lowest BCUT2D eigenvalue weighted by atomic mass is 10.2. The third kappa shape index (κ3) is 2.03. The minimum atomic E-state index is -3.07. The van der Waals surface area contributed by atoms with Gasteiger partial charge in [-0.15, -0.1) is 0 Å². The van der Waals surface area contributed by atoms with Gasteiger partial charge in [-0.3, -0.25) is 4.31 Å². The topological polar surface area (TPSA) is 37.4 Å². The highest BCUT2D eigenvalue weighted by atomic mass is 79.9. The van der Waals surface area contributed by atoms with Gasteiger partial charge < -0.3 is 0 Å². The largest absolute Gasteiger partial charge is 0.270 e.